The maximum atomic E-state index is 9.66. The molecule has 1 N–H and O–H groups in total. The quantitative estimate of drug-likeness (QED) is 0.754. The molecule has 18 heavy (non-hydrogen) atoms. The minimum absolute atomic E-state index is 0.384. The van der Waals surface area contributed by atoms with Crippen LogP contribution in [-0.2, 0) is 12.8 Å². The van der Waals surface area contributed by atoms with E-state index in [1.165, 1.54) is 22.3 Å². The lowest BCUT2D eigenvalue weighted by atomic mass is 9.79. The number of benzene rings is 2. The molecule has 0 heterocycles. The topological polar surface area (TPSA) is 20.2 Å². The van der Waals surface area contributed by atoms with Crippen LogP contribution in [0, 0.1) is 0 Å². The van der Waals surface area contributed by atoms with Crippen molar-refractivity contribution >= 4 is 7.85 Å². The minimum atomic E-state index is 0.384. The zero-order valence-corrected chi connectivity index (χ0v) is 10.7. The lowest BCUT2D eigenvalue weighted by molar-refractivity contribution is 0.474. The second-order valence-electron chi connectivity index (χ2n) is 5.04. The Morgan fingerprint density at radius 2 is 1.72 bits per heavy atom. The molecule has 2 heteroatoms. The van der Waals surface area contributed by atoms with E-state index in [-0.39, 0.29) is 0 Å². The van der Waals surface area contributed by atoms with Gasteiger partial charge in [0, 0.05) is 5.92 Å². The van der Waals surface area contributed by atoms with Gasteiger partial charge in [-0.05, 0) is 47.2 Å². The van der Waals surface area contributed by atoms with Crippen molar-refractivity contribution in [3.63, 3.8) is 0 Å². The van der Waals surface area contributed by atoms with Crippen LogP contribution in [0.5, 0.6) is 5.75 Å². The van der Waals surface area contributed by atoms with Gasteiger partial charge >= 0.3 is 0 Å². The smallest absolute Gasteiger partial charge is 0.115 e. The lowest BCUT2D eigenvalue weighted by Gasteiger charge is -2.18. The van der Waals surface area contributed by atoms with Gasteiger partial charge in [-0.25, -0.2) is 0 Å². The fraction of sp³-hybridized carbons (Fsp3) is 0.250. The first kappa shape index (κ1) is 11.4. The van der Waals surface area contributed by atoms with Crippen LogP contribution in [0.2, 0.25) is 6.32 Å². The van der Waals surface area contributed by atoms with Crippen molar-refractivity contribution in [2.24, 2.45) is 0 Å². The second kappa shape index (κ2) is 4.53. The summed E-state index contributed by atoms with van der Waals surface area (Å²) in [5, 5.41) is 9.66. The summed E-state index contributed by atoms with van der Waals surface area (Å²) >= 11 is 0. The number of phenolic OH excluding ortho intramolecular Hbond substituents is 1. The van der Waals surface area contributed by atoms with E-state index in [9.17, 15) is 5.11 Å². The summed E-state index contributed by atoms with van der Waals surface area (Å²) in [5.74, 6) is 0.855. The number of hydrogen-bond donors (Lipinski definition) is 1. The number of rotatable bonds is 1. The SMILES string of the molecule is BCC1c2ccccc2CCc2cc(O)ccc21. The predicted octanol–water partition coefficient (Wildman–Crippen LogP) is 2.67. The van der Waals surface area contributed by atoms with E-state index < -0.39 is 0 Å². The van der Waals surface area contributed by atoms with Gasteiger partial charge in [-0.15, -0.1) is 0 Å². The highest BCUT2D eigenvalue weighted by Crippen LogP contribution is 2.37. The molecule has 90 valence electrons. The number of hydrogen-bond acceptors (Lipinski definition) is 1. The largest absolute Gasteiger partial charge is 0.508 e. The molecule has 2 aromatic carbocycles. The van der Waals surface area contributed by atoms with Crippen molar-refractivity contribution in [3.05, 3.63) is 64.7 Å². The van der Waals surface area contributed by atoms with Crippen LogP contribution in [-0.4, -0.2) is 13.0 Å². The zero-order chi connectivity index (χ0) is 12.5. The van der Waals surface area contributed by atoms with Gasteiger partial charge in [-0.2, -0.15) is 0 Å². The number of aryl methyl sites for hydroxylation is 2. The van der Waals surface area contributed by atoms with E-state index in [2.05, 4.69) is 38.2 Å². The van der Waals surface area contributed by atoms with Crippen LogP contribution >= 0.6 is 0 Å². The molecular weight excluding hydrogens is 219 g/mol. The number of phenols is 1. The van der Waals surface area contributed by atoms with E-state index in [4.69, 9.17) is 0 Å². The second-order valence-corrected chi connectivity index (χ2v) is 5.04. The first-order valence-electron chi connectivity index (χ1n) is 6.69. The summed E-state index contributed by atoms with van der Waals surface area (Å²) in [6.45, 7) is 0. The fourth-order valence-electron chi connectivity index (χ4n) is 3.13. The molecule has 0 radical (unpaired) electrons. The Labute approximate surface area is 109 Å². The highest BCUT2D eigenvalue weighted by Gasteiger charge is 2.21. The van der Waals surface area contributed by atoms with Gasteiger partial charge in [-0.1, -0.05) is 36.7 Å². The fourth-order valence-corrected chi connectivity index (χ4v) is 3.13. The first-order chi connectivity index (χ1) is 8.79. The molecule has 0 bridgehead atoms. The first-order valence-corrected chi connectivity index (χ1v) is 6.69. The molecule has 0 saturated carbocycles. The molecule has 1 unspecified atom stereocenters. The van der Waals surface area contributed by atoms with Crippen LogP contribution in [0.4, 0.5) is 0 Å². The molecular formula is C16H17BO. The Bertz CT molecular complexity index is 577. The Hall–Kier alpha value is -1.70. The predicted molar refractivity (Wildman–Crippen MR) is 77.2 cm³/mol. The van der Waals surface area contributed by atoms with Crippen molar-refractivity contribution in [1.29, 1.82) is 0 Å². The third-order valence-electron chi connectivity index (χ3n) is 4.00. The highest BCUT2D eigenvalue weighted by molar-refractivity contribution is 6.09. The molecule has 0 aliphatic heterocycles. The lowest BCUT2D eigenvalue weighted by Crippen LogP contribution is -2.02. The Kier molecular flexibility index (Phi) is 2.87. The molecule has 2 aromatic rings. The number of fused-ring (bicyclic) bond motifs is 2. The van der Waals surface area contributed by atoms with E-state index in [0.29, 0.717) is 11.7 Å². The van der Waals surface area contributed by atoms with Crippen LogP contribution in [0.15, 0.2) is 42.5 Å². The van der Waals surface area contributed by atoms with Crippen molar-refractivity contribution in [1.82, 2.24) is 0 Å². The summed E-state index contributed by atoms with van der Waals surface area (Å²) in [5.41, 5.74) is 5.61. The van der Waals surface area contributed by atoms with Crippen molar-refractivity contribution < 1.29 is 5.11 Å². The Morgan fingerprint density at radius 3 is 2.56 bits per heavy atom. The van der Waals surface area contributed by atoms with Gasteiger partial charge in [0.25, 0.3) is 0 Å². The van der Waals surface area contributed by atoms with E-state index >= 15 is 0 Å². The molecule has 0 aromatic heterocycles. The third-order valence-corrected chi connectivity index (χ3v) is 4.00. The van der Waals surface area contributed by atoms with Crippen molar-refractivity contribution in [3.8, 4) is 5.75 Å². The van der Waals surface area contributed by atoms with Gasteiger partial charge in [0.15, 0.2) is 0 Å². The molecule has 0 amide bonds. The molecule has 1 atom stereocenters. The molecule has 0 spiro atoms. The minimum Gasteiger partial charge on any atom is -0.508 e. The van der Waals surface area contributed by atoms with Gasteiger partial charge < -0.3 is 5.11 Å². The molecule has 1 aliphatic rings. The monoisotopic (exact) mass is 236 g/mol. The molecule has 0 saturated heterocycles. The Balaban J connectivity index is 2.18. The van der Waals surface area contributed by atoms with Crippen molar-refractivity contribution in [2.75, 3.05) is 0 Å². The highest BCUT2D eigenvalue weighted by atomic mass is 16.3. The summed E-state index contributed by atoms with van der Waals surface area (Å²) in [7, 11) is 2.24. The normalized spacial score (nSPS) is 17.7. The van der Waals surface area contributed by atoms with E-state index in [1.54, 1.807) is 0 Å². The molecule has 1 aliphatic carbocycles. The van der Waals surface area contributed by atoms with Gasteiger partial charge in [0.05, 0.1) is 0 Å². The zero-order valence-electron chi connectivity index (χ0n) is 10.7. The average Bonchev–Trinajstić information content (AvgIpc) is 2.55. The van der Waals surface area contributed by atoms with Gasteiger partial charge in [-0.3, -0.25) is 0 Å². The van der Waals surface area contributed by atoms with Gasteiger partial charge in [0.1, 0.15) is 13.6 Å². The van der Waals surface area contributed by atoms with Crippen LogP contribution in [0.25, 0.3) is 0 Å². The average molecular weight is 236 g/mol. The number of aromatic hydroxyl groups is 1. The molecule has 1 nitrogen and oxygen atoms in total. The Morgan fingerprint density at radius 1 is 1.00 bits per heavy atom. The maximum Gasteiger partial charge on any atom is 0.115 e. The third kappa shape index (κ3) is 1.82. The van der Waals surface area contributed by atoms with E-state index in [1.807, 2.05) is 12.1 Å². The molecule has 3 rings (SSSR count). The van der Waals surface area contributed by atoms with Gasteiger partial charge in [0.2, 0.25) is 0 Å². The summed E-state index contributed by atoms with van der Waals surface area (Å²) in [4.78, 5) is 0. The molecule has 0 fully saturated rings. The maximum absolute atomic E-state index is 9.66. The summed E-state index contributed by atoms with van der Waals surface area (Å²) in [6.07, 6.45) is 3.20. The summed E-state index contributed by atoms with van der Waals surface area (Å²) < 4.78 is 0. The van der Waals surface area contributed by atoms with E-state index in [0.717, 1.165) is 19.2 Å². The van der Waals surface area contributed by atoms with Crippen LogP contribution < -0.4 is 0 Å². The van der Waals surface area contributed by atoms with Crippen molar-refractivity contribution in [2.45, 2.75) is 25.1 Å². The summed E-state index contributed by atoms with van der Waals surface area (Å²) in [6, 6.07) is 14.6. The van der Waals surface area contributed by atoms with Crippen LogP contribution in [0.3, 0.4) is 0 Å². The standard InChI is InChI=1S/C16H17BO/c17-10-16-14-4-2-1-3-11(14)5-6-12-9-13(18)7-8-15(12)16/h1-4,7-9,16,18H,5-6,10,17H2. The van der Waals surface area contributed by atoms with Crippen LogP contribution in [0.1, 0.15) is 28.2 Å².